The summed E-state index contributed by atoms with van der Waals surface area (Å²) in [5.74, 6) is 0.565. The van der Waals surface area contributed by atoms with Crippen molar-refractivity contribution in [3.05, 3.63) is 29.8 Å². The topological polar surface area (TPSA) is 24.1 Å². The average Bonchev–Trinajstić information content (AvgIpc) is 2.39. The summed E-state index contributed by atoms with van der Waals surface area (Å²) in [6, 6.07) is 8.54. The van der Waals surface area contributed by atoms with Gasteiger partial charge in [0, 0.05) is 11.2 Å². The summed E-state index contributed by atoms with van der Waals surface area (Å²) in [5, 5.41) is 7.54. The van der Waals surface area contributed by atoms with Gasteiger partial charge in [-0.3, -0.25) is 0 Å². The molecule has 110 valence electrons. The number of nitrogens with one attached hydrogen (secondary N) is 2. The maximum atomic E-state index is 5.45. The van der Waals surface area contributed by atoms with Gasteiger partial charge in [0.15, 0.2) is 5.11 Å². The molecule has 3 heteroatoms. The summed E-state index contributed by atoms with van der Waals surface area (Å²) >= 11 is 5.45. The van der Waals surface area contributed by atoms with Crippen molar-refractivity contribution in [3.8, 4) is 0 Å². The van der Waals surface area contributed by atoms with Crippen molar-refractivity contribution in [1.82, 2.24) is 5.32 Å². The Morgan fingerprint density at radius 3 is 2.25 bits per heavy atom. The third kappa shape index (κ3) is 4.20. The maximum Gasteiger partial charge on any atom is 0.171 e. The summed E-state index contributed by atoms with van der Waals surface area (Å²) < 4.78 is 0. The Hall–Kier alpha value is -1.09. The molecule has 0 spiro atoms. The van der Waals surface area contributed by atoms with Crippen molar-refractivity contribution in [3.63, 3.8) is 0 Å². The molecule has 1 aliphatic rings. The van der Waals surface area contributed by atoms with Crippen molar-refractivity contribution in [1.29, 1.82) is 0 Å². The Balaban J connectivity index is 1.90. The molecule has 1 saturated carbocycles. The van der Waals surface area contributed by atoms with E-state index < -0.39 is 0 Å². The Bertz CT molecular complexity index is 445. The van der Waals surface area contributed by atoms with Crippen molar-refractivity contribution in [2.75, 3.05) is 5.32 Å². The van der Waals surface area contributed by atoms with Crippen LogP contribution < -0.4 is 10.6 Å². The molecule has 0 radical (unpaired) electrons. The minimum absolute atomic E-state index is 0.167. The first-order valence-electron chi connectivity index (χ1n) is 7.68. The van der Waals surface area contributed by atoms with Crippen LogP contribution in [0.3, 0.4) is 0 Å². The van der Waals surface area contributed by atoms with Crippen molar-refractivity contribution < 1.29 is 0 Å². The smallest absolute Gasteiger partial charge is 0.171 e. The highest BCUT2D eigenvalue weighted by atomic mass is 32.1. The van der Waals surface area contributed by atoms with Crippen LogP contribution in [0.5, 0.6) is 0 Å². The molecule has 20 heavy (non-hydrogen) atoms. The van der Waals surface area contributed by atoms with E-state index in [0.717, 1.165) is 10.8 Å². The van der Waals surface area contributed by atoms with Crippen LogP contribution in [0.15, 0.2) is 24.3 Å². The number of benzene rings is 1. The zero-order chi connectivity index (χ0) is 14.6. The second kappa shape index (κ2) is 6.57. The molecule has 1 aromatic carbocycles. The molecule has 2 N–H and O–H groups in total. The van der Waals surface area contributed by atoms with Gasteiger partial charge in [-0.05, 0) is 55.6 Å². The van der Waals surface area contributed by atoms with Crippen molar-refractivity contribution >= 4 is 23.0 Å². The van der Waals surface area contributed by atoms with Crippen molar-refractivity contribution in [2.24, 2.45) is 0 Å². The highest BCUT2D eigenvalue weighted by Crippen LogP contribution is 2.27. The molecule has 0 aliphatic heterocycles. The fourth-order valence-electron chi connectivity index (χ4n) is 2.84. The Morgan fingerprint density at radius 1 is 1.10 bits per heavy atom. The van der Waals surface area contributed by atoms with Gasteiger partial charge < -0.3 is 10.6 Å². The van der Waals surface area contributed by atoms with Gasteiger partial charge in [0.05, 0.1) is 0 Å². The van der Waals surface area contributed by atoms with E-state index in [1.807, 2.05) is 0 Å². The van der Waals surface area contributed by atoms with E-state index in [4.69, 9.17) is 12.2 Å². The molecule has 1 aromatic rings. The lowest BCUT2D eigenvalue weighted by atomic mass is 9.83. The van der Waals surface area contributed by atoms with E-state index in [0.29, 0.717) is 5.92 Å². The second-order valence-corrected chi connectivity index (χ2v) is 6.89. The van der Waals surface area contributed by atoms with Gasteiger partial charge in [-0.1, -0.05) is 45.2 Å². The third-order valence-electron chi connectivity index (χ3n) is 4.21. The fourth-order valence-corrected chi connectivity index (χ4v) is 3.21. The van der Waals surface area contributed by atoms with Gasteiger partial charge in [0.25, 0.3) is 0 Å². The lowest BCUT2D eigenvalue weighted by molar-refractivity contribution is 0.292. The van der Waals surface area contributed by atoms with Crippen LogP contribution in [-0.2, 0) is 0 Å². The van der Waals surface area contributed by atoms with Crippen LogP contribution in [-0.4, -0.2) is 10.7 Å². The normalized spacial score (nSPS) is 17.8. The average molecular weight is 290 g/mol. The van der Waals surface area contributed by atoms with Crippen LogP contribution in [0.4, 0.5) is 5.69 Å². The molecule has 2 nitrogen and oxygen atoms in total. The van der Waals surface area contributed by atoms with Gasteiger partial charge >= 0.3 is 0 Å². The number of hydrogen-bond acceptors (Lipinski definition) is 1. The van der Waals surface area contributed by atoms with Crippen LogP contribution in [0, 0.1) is 0 Å². The summed E-state index contributed by atoms with van der Waals surface area (Å²) in [5.41, 5.74) is 2.58. The van der Waals surface area contributed by atoms with Crippen molar-refractivity contribution in [2.45, 2.75) is 64.3 Å². The monoisotopic (exact) mass is 290 g/mol. The van der Waals surface area contributed by atoms with E-state index in [1.54, 1.807) is 0 Å². The molecule has 0 amide bonds. The first-order valence-corrected chi connectivity index (χ1v) is 8.08. The number of thiocarbonyl (C=S) groups is 1. The van der Waals surface area contributed by atoms with E-state index >= 15 is 0 Å². The predicted octanol–water partition coefficient (Wildman–Crippen LogP) is 4.82. The molecule has 1 fully saturated rings. The molecule has 0 aromatic heterocycles. The second-order valence-electron chi connectivity index (χ2n) is 6.48. The summed E-state index contributed by atoms with van der Waals surface area (Å²) in [7, 11) is 0. The van der Waals surface area contributed by atoms with E-state index in [2.05, 4.69) is 55.7 Å². The molecule has 1 aliphatic carbocycles. The highest BCUT2D eigenvalue weighted by molar-refractivity contribution is 7.80. The molecular weight excluding hydrogens is 264 g/mol. The molecule has 0 bridgehead atoms. The highest BCUT2D eigenvalue weighted by Gasteiger charge is 2.27. The maximum absolute atomic E-state index is 5.45. The summed E-state index contributed by atoms with van der Waals surface area (Å²) in [6.07, 6.45) is 6.38. The Kier molecular flexibility index (Phi) is 5.03. The Labute approximate surface area is 128 Å². The van der Waals surface area contributed by atoms with E-state index in [1.165, 1.54) is 37.7 Å². The van der Waals surface area contributed by atoms with Crippen LogP contribution >= 0.6 is 12.2 Å². The molecule has 2 rings (SSSR count). The Morgan fingerprint density at radius 2 is 1.70 bits per heavy atom. The first kappa shape index (κ1) is 15.3. The van der Waals surface area contributed by atoms with Gasteiger partial charge in [0.2, 0.25) is 0 Å². The zero-order valence-corrected chi connectivity index (χ0v) is 13.6. The number of hydrogen-bond donors (Lipinski definition) is 2. The zero-order valence-electron chi connectivity index (χ0n) is 12.8. The molecule has 0 saturated heterocycles. The van der Waals surface area contributed by atoms with Crippen LogP contribution in [0.2, 0.25) is 0 Å². The van der Waals surface area contributed by atoms with E-state index in [-0.39, 0.29) is 5.54 Å². The van der Waals surface area contributed by atoms with E-state index in [9.17, 15) is 0 Å². The van der Waals surface area contributed by atoms with Crippen LogP contribution in [0.25, 0.3) is 0 Å². The molecule has 0 heterocycles. The number of anilines is 1. The van der Waals surface area contributed by atoms with Gasteiger partial charge in [-0.15, -0.1) is 0 Å². The lowest BCUT2D eigenvalue weighted by Gasteiger charge is -2.35. The lowest BCUT2D eigenvalue weighted by Crippen LogP contribution is -2.48. The summed E-state index contributed by atoms with van der Waals surface area (Å²) in [4.78, 5) is 0. The van der Waals surface area contributed by atoms with Crippen LogP contribution in [0.1, 0.15) is 64.4 Å². The molecule has 0 unspecified atom stereocenters. The van der Waals surface area contributed by atoms with Gasteiger partial charge in [0.1, 0.15) is 0 Å². The molecule has 0 atom stereocenters. The van der Waals surface area contributed by atoms with Gasteiger partial charge in [-0.2, -0.15) is 0 Å². The standard InChI is InChI=1S/C17H26N2S/c1-13(2)14-7-9-15(10-8-14)18-16(20)19-17(3)11-5-4-6-12-17/h7-10,13H,4-6,11-12H2,1-3H3,(H2,18,19,20). The largest absolute Gasteiger partial charge is 0.357 e. The SMILES string of the molecule is CC(C)c1ccc(NC(=S)NC2(C)CCCCC2)cc1. The minimum atomic E-state index is 0.167. The van der Waals surface area contributed by atoms with Gasteiger partial charge in [-0.25, -0.2) is 0 Å². The fraction of sp³-hybridized carbons (Fsp3) is 0.588. The number of rotatable bonds is 3. The summed E-state index contributed by atoms with van der Waals surface area (Å²) in [6.45, 7) is 6.69. The predicted molar refractivity (Wildman–Crippen MR) is 91.4 cm³/mol. The molecular formula is C17H26N2S. The quantitative estimate of drug-likeness (QED) is 0.780. The minimum Gasteiger partial charge on any atom is -0.357 e. The first-order chi connectivity index (χ1) is 9.48. The third-order valence-corrected chi connectivity index (χ3v) is 4.41.